The molecule has 1 aliphatic heterocycles. The van der Waals surface area contributed by atoms with Crippen molar-refractivity contribution >= 4 is 13.7 Å². The molecule has 190 valence electrons. The van der Waals surface area contributed by atoms with Crippen LogP contribution in [-0.4, -0.2) is 39.8 Å². The number of alkyl halides is 3. The van der Waals surface area contributed by atoms with E-state index in [0.29, 0.717) is 36.8 Å². The summed E-state index contributed by atoms with van der Waals surface area (Å²) in [6.45, 7) is 2.37. The number of carbonyl (C=O) groups excluding carboxylic acids is 1. The summed E-state index contributed by atoms with van der Waals surface area (Å²) >= 11 is 0. The third-order valence-corrected chi connectivity index (χ3v) is 6.20. The number of likely N-dealkylation sites (tertiary alicyclic amines) is 1. The minimum atomic E-state index is -4.55. The monoisotopic (exact) mass is 496 g/mol. The van der Waals surface area contributed by atoms with Crippen molar-refractivity contribution in [2.45, 2.75) is 83.4 Å². The molecule has 0 unspecified atom stereocenters. The molecule has 7 nitrogen and oxygen atoms in total. The van der Waals surface area contributed by atoms with Crippen LogP contribution < -0.4 is 6.15 Å². The van der Waals surface area contributed by atoms with E-state index in [1.54, 1.807) is 12.1 Å². The first-order valence-corrected chi connectivity index (χ1v) is 12.7. The largest absolute Gasteiger partial charge is 0.469 e. The maximum Gasteiger partial charge on any atom is 0.469 e. The van der Waals surface area contributed by atoms with Crippen LogP contribution in [0.1, 0.15) is 75.0 Å². The third kappa shape index (κ3) is 10.6. The highest BCUT2D eigenvalue weighted by Gasteiger charge is 2.35. The van der Waals surface area contributed by atoms with E-state index in [4.69, 9.17) is 9.79 Å². The predicted molar refractivity (Wildman–Crippen MR) is 120 cm³/mol. The van der Waals surface area contributed by atoms with Gasteiger partial charge in [-0.25, -0.2) is 4.57 Å². The summed E-state index contributed by atoms with van der Waals surface area (Å²) in [6.07, 6.45) is 2.12. The molecule has 1 amide bonds. The zero-order valence-corrected chi connectivity index (χ0v) is 20.0. The van der Waals surface area contributed by atoms with Crippen LogP contribution in [0.25, 0.3) is 0 Å². The number of benzene rings is 1. The van der Waals surface area contributed by atoms with E-state index in [1.807, 2.05) is 0 Å². The van der Waals surface area contributed by atoms with Crippen LogP contribution in [0.3, 0.4) is 0 Å². The second-order valence-electron chi connectivity index (χ2n) is 8.38. The molecule has 5 N–H and O–H groups in total. The lowest BCUT2D eigenvalue weighted by Gasteiger charge is -2.38. The second-order valence-corrected chi connectivity index (χ2v) is 9.57. The topological polar surface area (TPSA) is 122 Å². The number of phosphoric acid groups is 1. The fraction of sp³-hybridized carbons (Fsp3) is 0.682. The summed E-state index contributed by atoms with van der Waals surface area (Å²) in [5.74, 6) is -0.148. The van der Waals surface area contributed by atoms with Crippen LogP contribution in [0.15, 0.2) is 18.2 Å². The number of nitrogens with zero attached hydrogens (tertiary/aromatic N) is 1. The third-order valence-electron chi connectivity index (χ3n) is 5.62. The molecule has 0 spiro atoms. The quantitative estimate of drug-likeness (QED) is 0.248. The summed E-state index contributed by atoms with van der Waals surface area (Å²) in [5, 5.41) is 0. The zero-order valence-electron chi connectivity index (χ0n) is 19.1. The maximum absolute atomic E-state index is 13.5. The Balaban J connectivity index is 0.00000544. The molecular weight excluding hydrogens is 460 g/mol. The first-order chi connectivity index (χ1) is 15.0. The number of rotatable bonds is 13. The van der Waals surface area contributed by atoms with Crippen molar-refractivity contribution in [3.8, 4) is 0 Å². The molecular formula is C22H36F3N2O5P. The SMILES string of the molecule is CCCCCCCc1ccc(CCCCC(=O)N2CC(OP(=O)(O)O)C2)cc1C(F)(F)F.N. The Kier molecular flexibility index (Phi) is 12.0. The second kappa shape index (κ2) is 13.4. The molecule has 0 bridgehead atoms. The van der Waals surface area contributed by atoms with Crippen molar-refractivity contribution in [3.63, 3.8) is 0 Å². The Bertz CT molecular complexity index is 795. The highest BCUT2D eigenvalue weighted by molar-refractivity contribution is 7.46. The van der Waals surface area contributed by atoms with Gasteiger partial charge in [0, 0.05) is 19.5 Å². The first-order valence-electron chi connectivity index (χ1n) is 11.2. The molecule has 1 saturated heterocycles. The molecule has 0 aromatic heterocycles. The molecule has 1 aromatic rings. The molecule has 0 saturated carbocycles. The van der Waals surface area contributed by atoms with Crippen molar-refractivity contribution in [2.24, 2.45) is 0 Å². The van der Waals surface area contributed by atoms with E-state index in [2.05, 4.69) is 11.4 Å². The molecule has 0 atom stereocenters. The van der Waals surface area contributed by atoms with Crippen LogP contribution in [0.5, 0.6) is 0 Å². The van der Waals surface area contributed by atoms with Gasteiger partial charge in [0.1, 0.15) is 6.10 Å². The van der Waals surface area contributed by atoms with Crippen LogP contribution in [0.4, 0.5) is 13.2 Å². The number of phosphoric ester groups is 1. The summed E-state index contributed by atoms with van der Waals surface area (Å²) in [6, 6.07) is 4.57. The van der Waals surface area contributed by atoms with E-state index in [-0.39, 0.29) is 31.6 Å². The number of hydrogen-bond donors (Lipinski definition) is 3. The molecule has 1 fully saturated rings. The highest BCUT2D eigenvalue weighted by atomic mass is 31.2. The van der Waals surface area contributed by atoms with Gasteiger partial charge in [-0.3, -0.25) is 9.32 Å². The van der Waals surface area contributed by atoms with E-state index in [0.717, 1.165) is 32.1 Å². The number of hydrogen-bond acceptors (Lipinski definition) is 4. The van der Waals surface area contributed by atoms with Gasteiger partial charge in [0.05, 0.1) is 5.56 Å². The van der Waals surface area contributed by atoms with Crippen molar-refractivity contribution in [3.05, 3.63) is 34.9 Å². The smallest absolute Gasteiger partial charge is 0.344 e. The van der Waals surface area contributed by atoms with Crippen LogP contribution in [0.2, 0.25) is 0 Å². The van der Waals surface area contributed by atoms with Gasteiger partial charge in [-0.05, 0) is 49.3 Å². The van der Waals surface area contributed by atoms with Gasteiger partial charge < -0.3 is 20.8 Å². The van der Waals surface area contributed by atoms with Gasteiger partial charge in [-0.2, -0.15) is 13.2 Å². The van der Waals surface area contributed by atoms with E-state index in [9.17, 15) is 22.5 Å². The summed E-state index contributed by atoms with van der Waals surface area (Å²) in [5.41, 5.74) is 0.398. The Morgan fingerprint density at radius 1 is 1.09 bits per heavy atom. The van der Waals surface area contributed by atoms with E-state index >= 15 is 0 Å². The molecule has 11 heteroatoms. The standard InChI is InChI=1S/C22H33F3NO5P.H3N/c1-2-3-4-5-6-10-18-13-12-17(14-20(18)22(23,24)25)9-7-8-11-21(27)26-15-19(16-26)31-32(28,29)30;/h12-14,19H,2-11,15-16H2,1H3,(H2,28,29,30);1H3. The number of amides is 1. The minimum absolute atomic E-state index is 0. The molecule has 2 rings (SSSR count). The number of aryl methyl sites for hydroxylation is 2. The normalized spacial score (nSPS) is 14.7. The lowest BCUT2D eigenvalue weighted by atomic mass is 9.96. The lowest BCUT2D eigenvalue weighted by Crippen LogP contribution is -2.54. The van der Waals surface area contributed by atoms with Crippen molar-refractivity contribution in [2.75, 3.05) is 13.1 Å². The maximum atomic E-state index is 13.5. The zero-order chi connectivity index (χ0) is 23.8. The van der Waals surface area contributed by atoms with Gasteiger partial charge in [0.25, 0.3) is 0 Å². The molecule has 1 aliphatic rings. The Morgan fingerprint density at radius 2 is 1.73 bits per heavy atom. The summed E-state index contributed by atoms with van der Waals surface area (Å²) in [4.78, 5) is 31.0. The van der Waals surface area contributed by atoms with Crippen molar-refractivity contribution in [1.29, 1.82) is 0 Å². The lowest BCUT2D eigenvalue weighted by molar-refractivity contribution is -0.141. The van der Waals surface area contributed by atoms with Gasteiger partial charge >= 0.3 is 14.0 Å². The fourth-order valence-electron chi connectivity index (χ4n) is 3.85. The Hall–Kier alpha value is -1.45. The summed E-state index contributed by atoms with van der Waals surface area (Å²) in [7, 11) is -4.55. The average Bonchev–Trinajstić information content (AvgIpc) is 2.66. The number of unbranched alkanes of at least 4 members (excludes halogenated alkanes) is 5. The van der Waals surface area contributed by atoms with Gasteiger partial charge in [-0.1, -0.05) is 44.7 Å². The fourth-order valence-corrected chi connectivity index (χ4v) is 4.37. The van der Waals surface area contributed by atoms with Gasteiger partial charge in [-0.15, -0.1) is 0 Å². The Labute approximate surface area is 193 Å². The van der Waals surface area contributed by atoms with Gasteiger partial charge in [0.2, 0.25) is 5.91 Å². The predicted octanol–water partition coefficient (Wildman–Crippen LogP) is 5.41. The molecule has 1 aromatic carbocycles. The molecule has 0 aliphatic carbocycles. The molecule has 33 heavy (non-hydrogen) atoms. The van der Waals surface area contributed by atoms with Gasteiger partial charge in [0.15, 0.2) is 0 Å². The Morgan fingerprint density at radius 3 is 2.33 bits per heavy atom. The minimum Gasteiger partial charge on any atom is -0.344 e. The number of halogens is 3. The van der Waals surface area contributed by atoms with Crippen molar-refractivity contribution in [1.82, 2.24) is 11.1 Å². The first kappa shape index (κ1) is 29.6. The summed E-state index contributed by atoms with van der Waals surface area (Å²) < 4.78 is 55.8. The van der Waals surface area contributed by atoms with E-state index < -0.39 is 25.7 Å². The van der Waals surface area contributed by atoms with E-state index in [1.165, 1.54) is 11.0 Å². The van der Waals surface area contributed by atoms with Crippen LogP contribution in [0, 0.1) is 0 Å². The van der Waals surface area contributed by atoms with Crippen molar-refractivity contribution < 1.29 is 36.8 Å². The average molecular weight is 497 g/mol. The number of carbonyl (C=O) groups is 1. The molecule has 0 radical (unpaired) electrons. The van der Waals surface area contributed by atoms with Crippen LogP contribution in [-0.2, 0) is 32.9 Å². The highest BCUT2D eigenvalue weighted by Crippen LogP contribution is 2.39. The molecule has 1 heterocycles. The van der Waals surface area contributed by atoms with Crippen LogP contribution >= 0.6 is 7.82 Å².